The second-order valence-corrected chi connectivity index (χ2v) is 4.83. The van der Waals surface area contributed by atoms with Crippen LogP contribution in [-0.4, -0.2) is 35.2 Å². The molecule has 0 spiro atoms. The van der Waals surface area contributed by atoms with Crippen molar-refractivity contribution < 1.29 is 9.53 Å². The lowest BCUT2D eigenvalue weighted by Gasteiger charge is -2.12. The summed E-state index contributed by atoms with van der Waals surface area (Å²) >= 11 is 0. The van der Waals surface area contributed by atoms with Crippen LogP contribution in [0.2, 0.25) is 0 Å². The molecule has 23 heavy (non-hydrogen) atoms. The molecule has 1 amide bonds. The Morgan fingerprint density at radius 2 is 2.13 bits per heavy atom. The highest BCUT2D eigenvalue weighted by Gasteiger charge is 2.12. The zero-order chi connectivity index (χ0) is 15.1. The van der Waals surface area contributed by atoms with E-state index in [0.717, 1.165) is 17.7 Å². The quantitative estimate of drug-likeness (QED) is 0.780. The first kappa shape index (κ1) is 21.4. The summed E-state index contributed by atoms with van der Waals surface area (Å²) < 4.78 is 6.85. The number of methoxy groups -OCH3 is 1. The maximum atomic E-state index is 11.7. The Balaban J connectivity index is 0.00000242. The van der Waals surface area contributed by atoms with Crippen LogP contribution in [0.5, 0.6) is 0 Å². The van der Waals surface area contributed by atoms with Gasteiger partial charge in [0.2, 0.25) is 5.91 Å². The van der Waals surface area contributed by atoms with E-state index in [2.05, 4.69) is 16.4 Å². The predicted molar refractivity (Wildman–Crippen MR) is 94.0 cm³/mol. The number of nitrogens with zero attached hydrogens (tertiary/aromatic N) is 2. The minimum atomic E-state index is -0.635. The molecule has 0 bridgehead atoms. The van der Waals surface area contributed by atoms with Gasteiger partial charge in [0.1, 0.15) is 6.04 Å². The van der Waals surface area contributed by atoms with Crippen LogP contribution in [0.3, 0.4) is 0 Å². The minimum Gasteiger partial charge on any atom is -0.383 e. The van der Waals surface area contributed by atoms with Crippen LogP contribution in [-0.2, 0) is 22.6 Å². The van der Waals surface area contributed by atoms with Crippen LogP contribution in [0.1, 0.15) is 11.1 Å². The predicted octanol–water partition coefficient (Wildman–Crippen LogP) is 1.36. The topological polar surface area (TPSA) is 82.2 Å². The monoisotopic (exact) mass is 360 g/mol. The summed E-state index contributed by atoms with van der Waals surface area (Å²) in [5.74, 6) is -0.211. The second kappa shape index (κ2) is 11.0. The van der Waals surface area contributed by atoms with Gasteiger partial charge in [-0.15, -0.1) is 24.8 Å². The third kappa shape index (κ3) is 7.00. The summed E-state index contributed by atoms with van der Waals surface area (Å²) in [7, 11) is 1.52. The normalized spacial score (nSPS) is 11.0. The number of amides is 1. The van der Waals surface area contributed by atoms with Crippen molar-refractivity contribution in [3.05, 3.63) is 54.1 Å². The second-order valence-electron chi connectivity index (χ2n) is 4.83. The van der Waals surface area contributed by atoms with E-state index in [1.54, 1.807) is 12.5 Å². The third-order valence-electron chi connectivity index (χ3n) is 3.07. The summed E-state index contributed by atoms with van der Waals surface area (Å²) in [6.07, 6.45) is 5.44. The Morgan fingerprint density at radius 3 is 2.78 bits per heavy atom. The van der Waals surface area contributed by atoms with Gasteiger partial charge >= 0.3 is 0 Å². The van der Waals surface area contributed by atoms with Crippen LogP contribution >= 0.6 is 24.8 Å². The van der Waals surface area contributed by atoms with Crippen molar-refractivity contribution in [1.29, 1.82) is 0 Å². The summed E-state index contributed by atoms with van der Waals surface area (Å²) in [6, 6.07) is 7.41. The first-order valence-corrected chi connectivity index (χ1v) is 6.75. The molecule has 0 saturated carbocycles. The van der Waals surface area contributed by atoms with E-state index in [1.165, 1.54) is 7.11 Å². The molecule has 1 atom stereocenters. The highest BCUT2D eigenvalue weighted by atomic mass is 35.5. The number of halogens is 2. The van der Waals surface area contributed by atoms with Crippen LogP contribution in [0.15, 0.2) is 43.0 Å². The number of ether oxygens (including phenoxy) is 1. The van der Waals surface area contributed by atoms with Crippen molar-refractivity contribution in [3.63, 3.8) is 0 Å². The lowest BCUT2D eigenvalue weighted by Crippen LogP contribution is -2.43. The molecule has 0 aliphatic heterocycles. The number of hydrogen-bond donors (Lipinski definition) is 2. The van der Waals surface area contributed by atoms with Gasteiger partial charge in [-0.05, 0) is 11.1 Å². The van der Waals surface area contributed by atoms with Crippen molar-refractivity contribution >= 4 is 30.7 Å². The molecule has 0 saturated heterocycles. The highest BCUT2D eigenvalue weighted by Crippen LogP contribution is 2.07. The lowest BCUT2D eigenvalue weighted by molar-refractivity contribution is -0.123. The average Bonchev–Trinajstić information content (AvgIpc) is 2.98. The van der Waals surface area contributed by atoms with E-state index in [1.807, 2.05) is 29.0 Å². The molecule has 0 aliphatic rings. The number of carbonyl (C=O) groups is 1. The van der Waals surface area contributed by atoms with Gasteiger partial charge in [-0.3, -0.25) is 4.79 Å². The number of imidazole rings is 1. The molecule has 6 nitrogen and oxygen atoms in total. The van der Waals surface area contributed by atoms with Gasteiger partial charge in [-0.2, -0.15) is 0 Å². The number of carbonyl (C=O) groups excluding carboxylic acids is 1. The molecule has 2 aromatic rings. The first-order valence-electron chi connectivity index (χ1n) is 6.75. The summed E-state index contributed by atoms with van der Waals surface area (Å²) in [5.41, 5.74) is 7.85. The van der Waals surface area contributed by atoms with E-state index in [4.69, 9.17) is 10.5 Å². The Bertz CT molecular complexity index is 579. The van der Waals surface area contributed by atoms with E-state index in [-0.39, 0.29) is 37.3 Å². The smallest absolute Gasteiger partial charge is 0.239 e. The fourth-order valence-corrected chi connectivity index (χ4v) is 2.00. The van der Waals surface area contributed by atoms with E-state index in [9.17, 15) is 4.79 Å². The lowest BCUT2D eigenvalue weighted by atomic mass is 10.1. The molecule has 1 heterocycles. The SMILES string of the molecule is COCC(N)C(=O)NCc1cccc(Cn2ccnc2)c1.Cl.Cl. The van der Waals surface area contributed by atoms with Gasteiger partial charge in [0.25, 0.3) is 0 Å². The molecule has 3 N–H and O–H groups in total. The molecular formula is C15H22Cl2N4O2. The molecule has 1 aromatic carbocycles. The first-order chi connectivity index (χ1) is 10.2. The largest absolute Gasteiger partial charge is 0.383 e. The van der Waals surface area contributed by atoms with E-state index < -0.39 is 6.04 Å². The highest BCUT2D eigenvalue weighted by molar-refractivity contribution is 5.85. The Morgan fingerprint density at radius 1 is 1.39 bits per heavy atom. The molecular weight excluding hydrogens is 339 g/mol. The van der Waals surface area contributed by atoms with Gasteiger partial charge in [0.05, 0.1) is 12.9 Å². The molecule has 0 radical (unpaired) electrons. The zero-order valence-electron chi connectivity index (χ0n) is 12.8. The van der Waals surface area contributed by atoms with Gasteiger partial charge < -0.3 is 20.4 Å². The fraction of sp³-hybridized carbons (Fsp3) is 0.333. The van der Waals surface area contributed by atoms with Gasteiger partial charge in [-0.25, -0.2) is 4.98 Å². The van der Waals surface area contributed by atoms with E-state index >= 15 is 0 Å². The molecule has 8 heteroatoms. The maximum Gasteiger partial charge on any atom is 0.239 e. The Kier molecular flexibility index (Phi) is 10.2. The number of hydrogen-bond acceptors (Lipinski definition) is 4. The van der Waals surface area contributed by atoms with Gasteiger partial charge in [0.15, 0.2) is 0 Å². The number of benzene rings is 1. The number of aromatic nitrogens is 2. The zero-order valence-corrected chi connectivity index (χ0v) is 14.5. The van der Waals surface area contributed by atoms with Crippen LogP contribution < -0.4 is 11.1 Å². The standard InChI is InChI=1S/C15H20N4O2.2ClH/c1-21-10-14(16)15(20)18-8-12-3-2-4-13(7-12)9-19-6-5-17-11-19;;/h2-7,11,14H,8-10,16H2,1H3,(H,18,20);2*1H. The van der Waals surface area contributed by atoms with E-state index in [0.29, 0.717) is 6.54 Å². The summed E-state index contributed by atoms with van der Waals surface area (Å²) in [5, 5.41) is 2.81. The van der Waals surface area contributed by atoms with Gasteiger partial charge in [-0.1, -0.05) is 24.3 Å². The molecule has 2 rings (SSSR count). The Hall–Kier alpha value is -1.60. The molecule has 0 aliphatic carbocycles. The molecule has 1 unspecified atom stereocenters. The number of nitrogens with two attached hydrogens (primary N) is 1. The Labute approximate surface area is 148 Å². The fourth-order valence-electron chi connectivity index (χ4n) is 2.00. The van der Waals surface area contributed by atoms with Crippen LogP contribution in [0, 0.1) is 0 Å². The summed E-state index contributed by atoms with van der Waals surface area (Å²) in [6.45, 7) is 1.42. The van der Waals surface area contributed by atoms with Crippen LogP contribution in [0.25, 0.3) is 0 Å². The maximum absolute atomic E-state index is 11.7. The number of nitrogens with one attached hydrogen (secondary N) is 1. The average molecular weight is 361 g/mol. The van der Waals surface area contributed by atoms with Crippen molar-refractivity contribution in [2.24, 2.45) is 5.73 Å². The summed E-state index contributed by atoms with van der Waals surface area (Å²) in [4.78, 5) is 15.7. The third-order valence-corrected chi connectivity index (χ3v) is 3.07. The number of rotatable bonds is 7. The molecule has 128 valence electrons. The molecule has 0 fully saturated rings. The van der Waals surface area contributed by atoms with Crippen molar-refractivity contribution in [3.8, 4) is 0 Å². The molecule has 1 aromatic heterocycles. The van der Waals surface area contributed by atoms with Crippen molar-refractivity contribution in [2.45, 2.75) is 19.1 Å². The van der Waals surface area contributed by atoms with Crippen molar-refractivity contribution in [2.75, 3.05) is 13.7 Å². The van der Waals surface area contributed by atoms with Crippen molar-refractivity contribution in [1.82, 2.24) is 14.9 Å². The minimum absolute atomic E-state index is 0. The van der Waals surface area contributed by atoms with Gasteiger partial charge in [0, 0.05) is 32.6 Å². The van der Waals surface area contributed by atoms with Crippen LogP contribution in [0.4, 0.5) is 0 Å².